The van der Waals surface area contributed by atoms with Gasteiger partial charge in [0.2, 0.25) is 5.91 Å². The summed E-state index contributed by atoms with van der Waals surface area (Å²) >= 11 is 0. The molecule has 3 unspecified atom stereocenters. The summed E-state index contributed by atoms with van der Waals surface area (Å²) in [6, 6.07) is 0.271. The van der Waals surface area contributed by atoms with Gasteiger partial charge in [0.15, 0.2) is 0 Å². The van der Waals surface area contributed by atoms with Crippen molar-refractivity contribution in [2.45, 2.75) is 32.2 Å². The largest absolute Gasteiger partial charge is 0.378 e. The third kappa shape index (κ3) is 5.83. The summed E-state index contributed by atoms with van der Waals surface area (Å²) in [5.41, 5.74) is 5.94. The number of ether oxygens (including phenoxy) is 1. The summed E-state index contributed by atoms with van der Waals surface area (Å²) in [5, 5.41) is 6.35. The van der Waals surface area contributed by atoms with E-state index in [1.54, 1.807) is 0 Å². The Morgan fingerprint density at radius 1 is 1.32 bits per heavy atom. The molecule has 1 saturated carbocycles. The van der Waals surface area contributed by atoms with Gasteiger partial charge < -0.3 is 21.1 Å². The van der Waals surface area contributed by atoms with Crippen molar-refractivity contribution in [3.63, 3.8) is 0 Å². The molecule has 3 atom stereocenters. The first-order valence-electron chi connectivity index (χ1n) is 8.71. The third-order valence-electron chi connectivity index (χ3n) is 4.85. The lowest BCUT2D eigenvalue weighted by atomic mass is 9.78. The summed E-state index contributed by atoms with van der Waals surface area (Å²) in [7, 11) is 0. The number of nitrogens with two attached hydrogens (primary N) is 1. The minimum Gasteiger partial charge on any atom is -0.378 e. The lowest BCUT2D eigenvalue weighted by Gasteiger charge is -2.31. The summed E-state index contributed by atoms with van der Waals surface area (Å²) in [6.07, 6.45) is 2.83. The van der Waals surface area contributed by atoms with Gasteiger partial charge in [-0.2, -0.15) is 0 Å². The molecule has 2 aliphatic rings. The van der Waals surface area contributed by atoms with Crippen molar-refractivity contribution in [2.24, 2.45) is 17.6 Å². The van der Waals surface area contributed by atoms with E-state index in [1.807, 2.05) is 0 Å². The molecule has 1 aliphatic heterocycles. The van der Waals surface area contributed by atoms with Gasteiger partial charge in [0.1, 0.15) is 0 Å². The summed E-state index contributed by atoms with van der Waals surface area (Å²) in [6.45, 7) is 9.39. The van der Waals surface area contributed by atoms with Crippen molar-refractivity contribution >= 4 is 5.91 Å². The van der Waals surface area contributed by atoms with E-state index in [9.17, 15) is 4.79 Å². The van der Waals surface area contributed by atoms with Crippen LogP contribution >= 0.6 is 0 Å². The van der Waals surface area contributed by atoms with E-state index in [1.165, 1.54) is 0 Å². The third-order valence-corrected chi connectivity index (χ3v) is 4.85. The van der Waals surface area contributed by atoms with Gasteiger partial charge in [-0.25, -0.2) is 0 Å². The Bertz CT molecular complexity index is 334. The lowest BCUT2D eigenvalue weighted by Crippen LogP contribution is -2.44. The molecular formula is C16H32N4O2. The predicted octanol–water partition coefficient (Wildman–Crippen LogP) is -0.212. The topological polar surface area (TPSA) is 79.6 Å². The first kappa shape index (κ1) is 17.7. The number of nitrogens with one attached hydrogen (secondary N) is 2. The van der Waals surface area contributed by atoms with Crippen LogP contribution in [0.1, 0.15) is 26.2 Å². The Morgan fingerprint density at radius 3 is 2.82 bits per heavy atom. The van der Waals surface area contributed by atoms with Crippen molar-refractivity contribution in [3.8, 4) is 0 Å². The summed E-state index contributed by atoms with van der Waals surface area (Å²) < 4.78 is 5.62. The molecule has 22 heavy (non-hydrogen) atoms. The maximum atomic E-state index is 12.2. The second-order valence-corrected chi connectivity index (χ2v) is 6.65. The molecule has 6 heteroatoms. The average molecular weight is 312 g/mol. The fourth-order valence-corrected chi connectivity index (χ4v) is 3.44. The zero-order valence-corrected chi connectivity index (χ0v) is 13.9. The number of amides is 1. The molecule has 4 N–H and O–H groups in total. The quantitative estimate of drug-likeness (QED) is 0.567. The molecular weight excluding hydrogens is 280 g/mol. The average Bonchev–Trinajstić information content (AvgIpc) is 2.51. The van der Waals surface area contributed by atoms with Crippen molar-refractivity contribution in [3.05, 3.63) is 0 Å². The Balaban J connectivity index is 1.50. The molecule has 1 saturated heterocycles. The molecule has 0 aromatic heterocycles. The minimum absolute atomic E-state index is 0.126. The highest BCUT2D eigenvalue weighted by Gasteiger charge is 2.30. The van der Waals surface area contributed by atoms with Crippen LogP contribution in [0, 0.1) is 11.8 Å². The van der Waals surface area contributed by atoms with E-state index in [0.717, 1.165) is 58.6 Å². The van der Waals surface area contributed by atoms with Crippen LogP contribution in [0.5, 0.6) is 0 Å². The maximum absolute atomic E-state index is 12.2. The van der Waals surface area contributed by atoms with Gasteiger partial charge in [-0.15, -0.1) is 0 Å². The van der Waals surface area contributed by atoms with Gasteiger partial charge in [0.05, 0.1) is 13.2 Å². The number of hydrogen-bond donors (Lipinski definition) is 3. The number of nitrogens with zero attached hydrogens (tertiary/aromatic N) is 1. The van der Waals surface area contributed by atoms with Crippen LogP contribution in [0.2, 0.25) is 0 Å². The van der Waals surface area contributed by atoms with Crippen LogP contribution < -0.4 is 16.4 Å². The molecule has 1 heterocycles. The summed E-state index contributed by atoms with van der Waals surface area (Å²) in [4.78, 5) is 14.6. The monoisotopic (exact) mass is 312 g/mol. The fraction of sp³-hybridized carbons (Fsp3) is 0.938. The van der Waals surface area contributed by atoms with Gasteiger partial charge in [0.25, 0.3) is 0 Å². The Hall–Kier alpha value is -0.690. The first-order valence-corrected chi connectivity index (χ1v) is 8.71. The Kier molecular flexibility index (Phi) is 7.59. The molecule has 128 valence electrons. The number of rotatable bonds is 7. The molecule has 0 spiro atoms. The van der Waals surface area contributed by atoms with E-state index in [0.29, 0.717) is 19.1 Å². The van der Waals surface area contributed by atoms with Gasteiger partial charge in [0, 0.05) is 51.2 Å². The highest BCUT2D eigenvalue weighted by Crippen LogP contribution is 2.28. The highest BCUT2D eigenvalue weighted by molar-refractivity contribution is 5.79. The SMILES string of the molecule is CC1CC(N)CCC1C(=O)NCCOCCN1CCNCC1. The van der Waals surface area contributed by atoms with E-state index < -0.39 is 0 Å². The Morgan fingerprint density at radius 2 is 2.09 bits per heavy atom. The van der Waals surface area contributed by atoms with Crippen molar-refractivity contribution in [1.29, 1.82) is 0 Å². The number of carbonyl (C=O) groups excluding carboxylic acids is 1. The van der Waals surface area contributed by atoms with E-state index >= 15 is 0 Å². The van der Waals surface area contributed by atoms with E-state index in [2.05, 4.69) is 22.5 Å². The zero-order chi connectivity index (χ0) is 15.8. The molecule has 0 aromatic rings. The highest BCUT2D eigenvalue weighted by atomic mass is 16.5. The molecule has 1 amide bonds. The molecule has 2 rings (SSSR count). The maximum Gasteiger partial charge on any atom is 0.223 e. The van der Waals surface area contributed by atoms with Crippen LogP contribution in [-0.2, 0) is 9.53 Å². The van der Waals surface area contributed by atoms with Gasteiger partial charge in [-0.3, -0.25) is 9.69 Å². The van der Waals surface area contributed by atoms with Crippen LogP contribution in [-0.4, -0.2) is 69.3 Å². The van der Waals surface area contributed by atoms with Crippen LogP contribution in [0.4, 0.5) is 0 Å². The number of carbonyl (C=O) groups is 1. The minimum atomic E-state index is 0.126. The van der Waals surface area contributed by atoms with Gasteiger partial charge in [-0.1, -0.05) is 6.92 Å². The van der Waals surface area contributed by atoms with Crippen molar-refractivity contribution in [2.75, 3.05) is 52.5 Å². The molecule has 2 fully saturated rings. The molecule has 0 aromatic carbocycles. The van der Waals surface area contributed by atoms with E-state index in [-0.39, 0.29) is 17.9 Å². The molecule has 6 nitrogen and oxygen atoms in total. The molecule has 0 radical (unpaired) electrons. The first-order chi connectivity index (χ1) is 10.7. The number of hydrogen-bond acceptors (Lipinski definition) is 5. The second-order valence-electron chi connectivity index (χ2n) is 6.65. The lowest BCUT2D eigenvalue weighted by molar-refractivity contribution is -0.127. The second kappa shape index (κ2) is 9.45. The standard InChI is InChI=1S/C16H32N4O2/c1-13-12-14(17)2-3-15(13)16(21)19-6-10-22-11-9-20-7-4-18-5-8-20/h13-15,18H,2-12,17H2,1H3,(H,19,21). The molecule has 0 bridgehead atoms. The van der Waals surface area contributed by atoms with Crippen LogP contribution in [0.15, 0.2) is 0 Å². The smallest absolute Gasteiger partial charge is 0.223 e. The summed E-state index contributed by atoms with van der Waals surface area (Å²) in [5.74, 6) is 0.683. The van der Waals surface area contributed by atoms with Crippen molar-refractivity contribution in [1.82, 2.24) is 15.5 Å². The molecule has 1 aliphatic carbocycles. The van der Waals surface area contributed by atoms with Crippen LogP contribution in [0.25, 0.3) is 0 Å². The van der Waals surface area contributed by atoms with Crippen molar-refractivity contribution < 1.29 is 9.53 Å². The van der Waals surface area contributed by atoms with E-state index in [4.69, 9.17) is 10.5 Å². The van der Waals surface area contributed by atoms with Gasteiger partial charge in [-0.05, 0) is 25.2 Å². The fourth-order valence-electron chi connectivity index (χ4n) is 3.44. The Labute approximate surface area is 134 Å². The van der Waals surface area contributed by atoms with Crippen LogP contribution in [0.3, 0.4) is 0 Å². The number of piperazine rings is 1. The van der Waals surface area contributed by atoms with Gasteiger partial charge >= 0.3 is 0 Å². The normalized spacial score (nSPS) is 30.2. The zero-order valence-electron chi connectivity index (χ0n) is 13.9. The predicted molar refractivity (Wildman–Crippen MR) is 87.6 cm³/mol.